The lowest BCUT2D eigenvalue weighted by Crippen LogP contribution is -2.23. The highest BCUT2D eigenvalue weighted by Gasteiger charge is 2.16. The van der Waals surface area contributed by atoms with Crippen LogP contribution >= 0.6 is 0 Å². The second-order valence-corrected chi connectivity index (χ2v) is 5.62. The fourth-order valence-corrected chi connectivity index (χ4v) is 2.34. The van der Waals surface area contributed by atoms with Crippen LogP contribution in [0.25, 0.3) is 0 Å². The second-order valence-electron chi connectivity index (χ2n) is 5.62. The smallest absolute Gasteiger partial charge is 0.0839 e. The van der Waals surface area contributed by atoms with Gasteiger partial charge in [-0.15, -0.1) is 0 Å². The van der Waals surface area contributed by atoms with E-state index in [0.717, 1.165) is 18.7 Å². The summed E-state index contributed by atoms with van der Waals surface area (Å²) in [4.78, 5) is 0. The maximum absolute atomic E-state index is 4.55. The van der Waals surface area contributed by atoms with Crippen molar-refractivity contribution in [2.24, 2.45) is 7.05 Å². The number of nitrogens with one attached hydrogen (secondary N) is 1. The van der Waals surface area contributed by atoms with Gasteiger partial charge in [-0.25, -0.2) is 0 Å². The van der Waals surface area contributed by atoms with Gasteiger partial charge in [0.1, 0.15) is 0 Å². The minimum atomic E-state index is 0.178. The maximum atomic E-state index is 4.55. The van der Waals surface area contributed by atoms with Crippen molar-refractivity contribution in [2.45, 2.75) is 39.2 Å². The molecule has 0 aliphatic rings. The lowest BCUT2D eigenvalue weighted by Gasteiger charge is -2.18. The molecule has 0 bridgehead atoms. The van der Waals surface area contributed by atoms with Crippen LogP contribution in [0.3, 0.4) is 0 Å². The molecule has 0 radical (unpaired) electrons. The molecule has 3 nitrogen and oxygen atoms in total. The molecular formula is C17H25N3. The van der Waals surface area contributed by atoms with Crippen LogP contribution in [0.15, 0.2) is 36.5 Å². The van der Waals surface area contributed by atoms with Crippen molar-refractivity contribution in [3.05, 3.63) is 53.3 Å². The molecule has 0 amide bonds. The summed E-state index contributed by atoms with van der Waals surface area (Å²) >= 11 is 0. The van der Waals surface area contributed by atoms with E-state index >= 15 is 0 Å². The van der Waals surface area contributed by atoms with Gasteiger partial charge >= 0.3 is 0 Å². The Balaban J connectivity index is 2.26. The van der Waals surface area contributed by atoms with Crippen molar-refractivity contribution >= 4 is 0 Å². The summed E-state index contributed by atoms with van der Waals surface area (Å²) < 4.78 is 1.86. The van der Waals surface area contributed by atoms with E-state index in [2.05, 4.69) is 61.5 Å². The van der Waals surface area contributed by atoms with Gasteiger partial charge in [0.25, 0.3) is 0 Å². The largest absolute Gasteiger partial charge is 0.305 e. The lowest BCUT2D eigenvalue weighted by molar-refractivity contribution is 0.575. The van der Waals surface area contributed by atoms with Crippen LogP contribution in [0.2, 0.25) is 0 Å². The van der Waals surface area contributed by atoms with Crippen LogP contribution in [0.1, 0.15) is 56.0 Å². The van der Waals surface area contributed by atoms with Crippen LogP contribution in [-0.4, -0.2) is 16.3 Å². The number of hydrogen-bond donors (Lipinski definition) is 1. The van der Waals surface area contributed by atoms with E-state index in [9.17, 15) is 0 Å². The van der Waals surface area contributed by atoms with E-state index in [1.807, 2.05) is 17.9 Å². The van der Waals surface area contributed by atoms with Gasteiger partial charge in [-0.1, -0.05) is 45.0 Å². The molecule has 2 rings (SSSR count). The van der Waals surface area contributed by atoms with Crippen molar-refractivity contribution in [1.82, 2.24) is 15.1 Å². The third-order valence-corrected chi connectivity index (χ3v) is 3.56. The molecule has 2 aromatic rings. The summed E-state index contributed by atoms with van der Waals surface area (Å²) in [5, 5.41) is 8.14. The van der Waals surface area contributed by atoms with E-state index in [4.69, 9.17) is 0 Å². The Labute approximate surface area is 122 Å². The summed E-state index contributed by atoms with van der Waals surface area (Å²) in [5.41, 5.74) is 3.74. The van der Waals surface area contributed by atoms with Crippen molar-refractivity contribution in [1.29, 1.82) is 0 Å². The molecule has 1 N–H and O–H groups in total. The Bertz CT molecular complexity index is 525. The fraction of sp³-hybridized carbons (Fsp3) is 0.471. The molecule has 20 heavy (non-hydrogen) atoms. The van der Waals surface area contributed by atoms with Gasteiger partial charge in [0.05, 0.1) is 11.7 Å². The average molecular weight is 271 g/mol. The lowest BCUT2D eigenvalue weighted by atomic mass is 9.98. The van der Waals surface area contributed by atoms with Gasteiger partial charge in [-0.05, 0) is 36.1 Å². The fourth-order valence-electron chi connectivity index (χ4n) is 2.34. The third-order valence-electron chi connectivity index (χ3n) is 3.56. The molecule has 1 atom stereocenters. The summed E-state index contributed by atoms with van der Waals surface area (Å²) in [6.45, 7) is 7.62. The zero-order chi connectivity index (χ0) is 14.5. The Morgan fingerprint density at radius 2 is 1.75 bits per heavy atom. The van der Waals surface area contributed by atoms with Crippen LogP contribution < -0.4 is 5.32 Å². The van der Waals surface area contributed by atoms with Gasteiger partial charge in [0.2, 0.25) is 0 Å². The number of nitrogens with zero attached hydrogens (tertiary/aromatic N) is 2. The van der Waals surface area contributed by atoms with Gasteiger partial charge in [0, 0.05) is 13.2 Å². The predicted octanol–water partition coefficient (Wildman–Crippen LogP) is 3.63. The minimum absolute atomic E-state index is 0.178. The maximum Gasteiger partial charge on any atom is 0.0839 e. The van der Waals surface area contributed by atoms with Crippen molar-refractivity contribution in [2.75, 3.05) is 6.54 Å². The number of aromatic nitrogens is 2. The molecule has 0 aliphatic carbocycles. The molecular weight excluding hydrogens is 246 g/mol. The first kappa shape index (κ1) is 14.8. The molecule has 0 saturated carbocycles. The number of hydrogen-bond acceptors (Lipinski definition) is 2. The summed E-state index contributed by atoms with van der Waals surface area (Å²) in [5.74, 6) is 0.570. The second kappa shape index (κ2) is 6.71. The number of aryl methyl sites for hydroxylation is 1. The predicted molar refractivity (Wildman–Crippen MR) is 83.9 cm³/mol. The summed E-state index contributed by atoms with van der Waals surface area (Å²) in [6.07, 6.45) is 3.12. The molecule has 1 aromatic carbocycles. The van der Waals surface area contributed by atoms with Crippen LogP contribution in [-0.2, 0) is 7.05 Å². The Hall–Kier alpha value is -1.61. The van der Waals surface area contributed by atoms with Crippen LogP contribution in [0.4, 0.5) is 0 Å². The van der Waals surface area contributed by atoms with Crippen LogP contribution in [0, 0.1) is 0 Å². The molecule has 108 valence electrons. The van der Waals surface area contributed by atoms with Crippen LogP contribution in [0.5, 0.6) is 0 Å². The Morgan fingerprint density at radius 1 is 1.10 bits per heavy atom. The first-order chi connectivity index (χ1) is 9.61. The number of benzene rings is 1. The number of rotatable bonds is 6. The standard InChI is InChI=1S/C17H25N3/c1-5-11-18-17(16-10-12-20(4)19-16)15-8-6-14(7-9-15)13(2)3/h6-10,12-13,17-18H,5,11H2,1-4H3. The average Bonchev–Trinajstić information content (AvgIpc) is 2.86. The molecule has 0 spiro atoms. The Morgan fingerprint density at radius 3 is 2.25 bits per heavy atom. The molecule has 0 aliphatic heterocycles. The van der Waals surface area contributed by atoms with E-state index in [0.29, 0.717) is 5.92 Å². The monoisotopic (exact) mass is 271 g/mol. The van der Waals surface area contributed by atoms with Crippen molar-refractivity contribution in [3.8, 4) is 0 Å². The highest BCUT2D eigenvalue weighted by molar-refractivity contribution is 5.31. The molecule has 1 heterocycles. The van der Waals surface area contributed by atoms with E-state index in [-0.39, 0.29) is 6.04 Å². The molecule has 1 aromatic heterocycles. The topological polar surface area (TPSA) is 29.9 Å². The Kier molecular flexibility index (Phi) is 4.96. The van der Waals surface area contributed by atoms with Gasteiger partial charge < -0.3 is 5.32 Å². The van der Waals surface area contributed by atoms with Gasteiger partial charge in [-0.2, -0.15) is 5.10 Å². The van der Waals surface area contributed by atoms with Gasteiger partial charge in [-0.3, -0.25) is 4.68 Å². The van der Waals surface area contributed by atoms with Crippen molar-refractivity contribution in [3.63, 3.8) is 0 Å². The SMILES string of the molecule is CCCNC(c1ccc(C(C)C)cc1)c1ccn(C)n1. The normalized spacial score (nSPS) is 12.8. The first-order valence-corrected chi connectivity index (χ1v) is 7.44. The third kappa shape index (κ3) is 3.48. The van der Waals surface area contributed by atoms with E-state index in [1.165, 1.54) is 11.1 Å². The molecule has 0 fully saturated rings. The quantitative estimate of drug-likeness (QED) is 0.869. The van der Waals surface area contributed by atoms with Crippen molar-refractivity contribution < 1.29 is 0 Å². The summed E-state index contributed by atoms with van der Waals surface area (Å²) in [6, 6.07) is 11.2. The zero-order valence-electron chi connectivity index (χ0n) is 12.9. The first-order valence-electron chi connectivity index (χ1n) is 7.44. The minimum Gasteiger partial charge on any atom is -0.305 e. The van der Waals surface area contributed by atoms with Gasteiger partial charge in [0.15, 0.2) is 0 Å². The highest BCUT2D eigenvalue weighted by atomic mass is 15.3. The molecule has 3 heteroatoms. The van der Waals surface area contributed by atoms with E-state index in [1.54, 1.807) is 0 Å². The molecule has 0 saturated heterocycles. The highest BCUT2D eigenvalue weighted by Crippen LogP contribution is 2.23. The molecule has 1 unspecified atom stereocenters. The summed E-state index contributed by atoms with van der Waals surface area (Å²) in [7, 11) is 1.96. The van der Waals surface area contributed by atoms with E-state index < -0.39 is 0 Å². The zero-order valence-corrected chi connectivity index (χ0v) is 12.9.